The van der Waals surface area contributed by atoms with Crippen LogP contribution >= 0.6 is 15.9 Å². The molecule has 0 bridgehead atoms. The number of benzene rings is 1. The van der Waals surface area contributed by atoms with Crippen molar-refractivity contribution in [2.75, 3.05) is 5.32 Å². The number of aryl methyl sites for hydroxylation is 1. The van der Waals surface area contributed by atoms with Gasteiger partial charge in [0.05, 0.1) is 5.69 Å². The molecule has 2 aromatic heterocycles. The molecule has 0 saturated carbocycles. The lowest BCUT2D eigenvalue weighted by Gasteiger charge is -2.15. The van der Waals surface area contributed by atoms with Crippen LogP contribution in [-0.4, -0.2) is 20.8 Å². The molecule has 0 atom stereocenters. The van der Waals surface area contributed by atoms with Crippen molar-refractivity contribution in [2.24, 2.45) is 0 Å². The number of nitrogens with zero attached hydrogens (tertiary/aromatic N) is 2. The first kappa shape index (κ1) is 19.0. The summed E-state index contributed by atoms with van der Waals surface area (Å²) in [4.78, 5) is 24.3. The number of carbonyl (C=O) groups is 1. The molecule has 142 valence electrons. The minimum Gasteiger partial charge on any atom is -0.505 e. The fraction of sp³-hybridized carbons (Fsp3) is 0.278. The van der Waals surface area contributed by atoms with Crippen LogP contribution in [0.1, 0.15) is 30.9 Å². The number of hydrogen-bond acceptors (Lipinski definition) is 6. The van der Waals surface area contributed by atoms with E-state index in [4.69, 9.17) is 8.83 Å². The van der Waals surface area contributed by atoms with Crippen LogP contribution in [0.15, 0.2) is 42.6 Å². The first-order valence-corrected chi connectivity index (χ1v) is 9.01. The molecule has 3 aromatic rings. The van der Waals surface area contributed by atoms with Crippen molar-refractivity contribution in [3.8, 4) is 17.4 Å². The van der Waals surface area contributed by atoms with Gasteiger partial charge in [-0.15, -0.1) is 5.10 Å². The molecule has 0 radical (unpaired) electrons. The summed E-state index contributed by atoms with van der Waals surface area (Å²) in [5, 5.41) is 17.0. The minimum absolute atomic E-state index is 0.0203. The third-order valence-corrected chi connectivity index (χ3v) is 4.41. The number of rotatable bonds is 5. The summed E-state index contributed by atoms with van der Waals surface area (Å²) in [5.41, 5.74) is 1.75. The number of furan rings is 1. The van der Waals surface area contributed by atoms with Crippen LogP contribution in [0.5, 0.6) is 5.75 Å². The van der Waals surface area contributed by atoms with Gasteiger partial charge in [-0.3, -0.25) is 4.79 Å². The van der Waals surface area contributed by atoms with E-state index in [1.165, 1.54) is 0 Å². The second kappa shape index (κ2) is 7.43. The second-order valence-electron chi connectivity index (χ2n) is 6.33. The lowest BCUT2D eigenvalue weighted by molar-refractivity contribution is -0.117. The lowest BCUT2D eigenvalue weighted by Crippen LogP contribution is -2.26. The highest BCUT2D eigenvalue weighted by Gasteiger charge is 2.18. The van der Waals surface area contributed by atoms with Crippen molar-refractivity contribution in [1.82, 2.24) is 9.78 Å². The number of nitrogens with one attached hydrogen (secondary N) is 1. The van der Waals surface area contributed by atoms with E-state index in [1.54, 1.807) is 19.1 Å². The number of anilines is 1. The molecule has 27 heavy (non-hydrogen) atoms. The zero-order valence-electron chi connectivity index (χ0n) is 14.9. The third kappa shape index (κ3) is 3.97. The number of phenols is 1. The molecule has 0 aliphatic carbocycles. The van der Waals surface area contributed by atoms with Crippen LogP contribution in [0.2, 0.25) is 0 Å². The van der Waals surface area contributed by atoms with Crippen molar-refractivity contribution >= 4 is 27.5 Å². The molecule has 0 saturated heterocycles. The van der Waals surface area contributed by atoms with Gasteiger partial charge >= 0.3 is 5.76 Å². The van der Waals surface area contributed by atoms with E-state index in [2.05, 4.69) is 26.3 Å². The van der Waals surface area contributed by atoms with E-state index in [0.717, 1.165) is 10.2 Å². The normalized spacial score (nSPS) is 11.1. The molecule has 9 heteroatoms. The van der Waals surface area contributed by atoms with Gasteiger partial charge in [-0.05, 0) is 52.0 Å². The van der Waals surface area contributed by atoms with E-state index in [1.807, 2.05) is 26.0 Å². The van der Waals surface area contributed by atoms with E-state index in [0.29, 0.717) is 15.9 Å². The lowest BCUT2D eigenvalue weighted by atomic mass is 9.99. The topological polar surface area (TPSA) is 110 Å². The van der Waals surface area contributed by atoms with E-state index in [9.17, 15) is 14.7 Å². The number of aromatic nitrogens is 2. The van der Waals surface area contributed by atoms with Crippen LogP contribution < -0.4 is 11.1 Å². The number of carbonyl (C=O) groups excluding carboxylic acids is 1. The quantitative estimate of drug-likeness (QED) is 0.591. The summed E-state index contributed by atoms with van der Waals surface area (Å²) in [5.74, 6) is -0.960. The zero-order chi connectivity index (χ0) is 19.7. The molecule has 0 spiro atoms. The van der Waals surface area contributed by atoms with Crippen LogP contribution in [0.4, 0.5) is 5.69 Å². The van der Waals surface area contributed by atoms with Crippen molar-refractivity contribution in [2.45, 2.75) is 33.2 Å². The van der Waals surface area contributed by atoms with Crippen LogP contribution in [-0.2, 0) is 11.3 Å². The van der Waals surface area contributed by atoms with Gasteiger partial charge in [-0.2, -0.15) is 4.68 Å². The smallest absolute Gasteiger partial charge is 0.437 e. The maximum atomic E-state index is 12.4. The number of phenolic OH excluding ortho intramolecular Hbond substituents is 1. The molecule has 2 heterocycles. The van der Waals surface area contributed by atoms with Crippen LogP contribution in [0.25, 0.3) is 11.7 Å². The molecular weight excluding hydrogens is 418 g/mol. The molecule has 2 N–H and O–H groups in total. The van der Waals surface area contributed by atoms with Crippen molar-refractivity contribution in [1.29, 1.82) is 0 Å². The monoisotopic (exact) mass is 435 g/mol. The number of aromatic hydroxyl groups is 1. The molecule has 1 amide bonds. The SMILES string of the molecule is Cc1ccc(C(C)C)c(O)c1NC(=O)Cn1nc(-c2ccc(Br)o2)oc1=O. The summed E-state index contributed by atoms with van der Waals surface area (Å²) in [6, 6.07) is 6.85. The van der Waals surface area contributed by atoms with E-state index < -0.39 is 11.7 Å². The Morgan fingerprint density at radius 1 is 1.30 bits per heavy atom. The number of amides is 1. The average molecular weight is 436 g/mol. The van der Waals surface area contributed by atoms with Gasteiger partial charge in [-0.25, -0.2) is 4.79 Å². The molecule has 1 aromatic carbocycles. The second-order valence-corrected chi connectivity index (χ2v) is 7.11. The summed E-state index contributed by atoms with van der Waals surface area (Å²) in [6.07, 6.45) is 0. The Kier molecular flexibility index (Phi) is 5.22. The molecular formula is C18H18BrN3O5. The highest BCUT2D eigenvalue weighted by Crippen LogP contribution is 2.35. The van der Waals surface area contributed by atoms with Crippen LogP contribution in [0, 0.1) is 6.92 Å². The first-order valence-electron chi connectivity index (χ1n) is 8.22. The van der Waals surface area contributed by atoms with Gasteiger partial charge in [0.15, 0.2) is 10.4 Å². The van der Waals surface area contributed by atoms with Gasteiger partial charge in [0.25, 0.3) is 5.89 Å². The van der Waals surface area contributed by atoms with Gasteiger partial charge in [0.2, 0.25) is 5.91 Å². The fourth-order valence-electron chi connectivity index (χ4n) is 2.58. The molecule has 3 rings (SSSR count). The Balaban J connectivity index is 1.80. The Bertz CT molecular complexity index is 1050. The predicted molar refractivity (Wildman–Crippen MR) is 102 cm³/mol. The zero-order valence-corrected chi connectivity index (χ0v) is 16.5. The van der Waals surface area contributed by atoms with Crippen LogP contribution in [0.3, 0.4) is 0 Å². The molecule has 0 fully saturated rings. The maximum absolute atomic E-state index is 12.4. The Morgan fingerprint density at radius 2 is 2.04 bits per heavy atom. The number of hydrogen-bond donors (Lipinski definition) is 2. The van der Waals surface area contributed by atoms with Crippen molar-refractivity contribution in [3.63, 3.8) is 0 Å². The minimum atomic E-state index is -0.787. The maximum Gasteiger partial charge on any atom is 0.437 e. The van der Waals surface area contributed by atoms with Gasteiger partial charge in [-0.1, -0.05) is 26.0 Å². The highest BCUT2D eigenvalue weighted by atomic mass is 79.9. The van der Waals surface area contributed by atoms with Gasteiger partial charge < -0.3 is 19.3 Å². The summed E-state index contributed by atoms with van der Waals surface area (Å²) < 4.78 is 11.6. The largest absolute Gasteiger partial charge is 0.505 e. The van der Waals surface area contributed by atoms with Crippen molar-refractivity contribution in [3.05, 3.63) is 50.6 Å². The third-order valence-electron chi connectivity index (χ3n) is 3.99. The number of halogens is 1. The van der Waals surface area contributed by atoms with E-state index >= 15 is 0 Å². The fourth-order valence-corrected chi connectivity index (χ4v) is 2.89. The Morgan fingerprint density at radius 3 is 2.67 bits per heavy atom. The molecule has 0 unspecified atom stereocenters. The van der Waals surface area contributed by atoms with Gasteiger partial charge in [0, 0.05) is 0 Å². The van der Waals surface area contributed by atoms with E-state index in [-0.39, 0.29) is 29.9 Å². The summed E-state index contributed by atoms with van der Waals surface area (Å²) in [6.45, 7) is 5.29. The average Bonchev–Trinajstić information content (AvgIpc) is 3.17. The molecule has 0 aliphatic heterocycles. The standard InChI is InChI=1S/C18H18BrN3O5/c1-9(2)11-5-4-10(3)15(16(11)24)20-14(23)8-22-18(25)27-17(21-22)12-6-7-13(19)26-12/h4-7,9,24H,8H2,1-3H3,(H,20,23). The van der Waals surface area contributed by atoms with Crippen molar-refractivity contribution < 1.29 is 18.7 Å². The Hall–Kier alpha value is -2.81. The van der Waals surface area contributed by atoms with Gasteiger partial charge in [0.1, 0.15) is 12.3 Å². The first-order chi connectivity index (χ1) is 12.8. The highest BCUT2D eigenvalue weighted by molar-refractivity contribution is 9.10. The molecule has 0 aliphatic rings. The summed E-state index contributed by atoms with van der Waals surface area (Å²) >= 11 is 3.15. The Labute approximate surface area is 162 Å². The molecule has 8 nitrogen and oxygen atoms in total. The predicted octanol–water partition coefficient (Wildman–Crippen LogP) is 3.63. The summed E-state index contributed by atoms with van der Waals surface area (Å²) in [7, 11) is 0.